The van der Waals surface area contributed by atoms with Crippen LogP contribution in [0, 0.1) is 6.92 Å². The van der Waals surface area contributed by atoms with Crippen molar-refractivity contribution in [3.8, 4) is 0 Å². The first-order valence-corrected chi connectivity index (χ1v) is 7.54. The normalized spacial score (nSPS) is 12.4. The highest BCUT2D eigenvalue weighted by atomic mass is 79.9. The fourth-order valence-corrected chi connectivity index (χ4v) is 3.12. The quantitative estimate of drug-likeness (QED) is 0.817. The molecule has 0 aliphatic heterocycles. The molecular formula is C16H17BrClN. The van der Waals surface area contributed by atoms with Crippen LogP contribution in [0.15, 0.2) is 46.9 Å². The van der Waals surface area contributed by atoms with Crippen LogP contribution >= 0.6 is 27.5 Å². The van der Waals surface area contributed by atoms with Gasteiger partial charge in [-0.3, -0.25) is 0 Å². The van der Waals surface area contributed by atoms with E-state index in [-0.39, 0.29) is 6.04 Å². The van der Waals surface area contributed by atoms with Crippen LogP contribution in [-0.4, -0.2) is 6.54 Å². The highest BCUT2D eigenvalue weighted by Gasteiger charge is 2.16. The SMILES string of the molecule is CCNC(c1cc(C)cc(Br)c1)c1ccccc1Cl. The maximum atomic E-state index is 6.33. The van der Waals surface area contributed by atoms with Crippen LogP contribution in [0.1, 0.15) is 29.7 Å². The van der Waals surface area contributed by atoms with Crippen molar-refractivity contribution in [2.24, 2.45) is 0 Å². The third-order valence-electron chi connectivity index (χ3n) is 3.02. The van der Waals surface area contributed by atoms with E-state index in [9.17, 15) is 0 Å². The van der Waals surface area contributed by atoms with Gasteiger partial charge in [-0.15, -0.1) is 0 Å². The molecule has 0 aliphatic carbocycles. The molecule has 0 amide bonds. The lowest BCUT2D eigenvalue weighted by molar-refractivity contribution is 0.630. The molecule has 0 aliphatic rings. The molecule has 0 radical (unpaired) electrons. The summed E-state index contributed by atoms with van der Waals surface area (Å²) in [7, 11) is 0. The Morgan fingerprint density at radius 2 is 1.95 bits per heavy atom. The average Bonchev–Trinajstić information content (AvgIpc) is 2.36. The third kappa shape index (κ3) is 3.59. The Morgan fingerprint density at radius 1 is 1.21 bits per heavy atom. The molecule has 2 aromatic carbocycles. The molecule has 1 nitrogen and oxygen atoms in total. The minimum Gasteiger partial charge on any atom is -0.306 e. The summed E-state index contributed by atoms with van der Waals surface area (Å²) in [5, 5.41) is 4.30. The zero-order chi connectivity index (χ0) is 13.8. The van der Waals surface area contributed by atoms with E-state index in [0.717, 1.165) is 21.6 Å². The molecule has 1 unspecified atom stereocenters. The van der Waals surface area contributed by atoms with Crippen molar-refractivity contribution in [1.82, 2.24) is 5.32 Å². The van der Waals surface area contributed by atoms with Gasteiger partial charge in [0.15, 0.2) is 0 Å². The van der Waals surface area contributed by atoms with Gasteiger partial charge in [0.05, 0.1) is 6.04 Å². The maximum Gasteiger partial charge on any atom is 0.0591 e. The lowest BCUT2D eigenvalue weighted by Gasteiger charge is -2.21. The Kier molecular flexibility index (Phi) is 5.03. The summed E-state index contributed by atoms with van der Waals surface area (Å²) >= 11 is 9.90. The van der Waals surface area contributed by atoms with Crippen molar-refractivity contribution in [3.63, 3.8) is 0 Å². The lowest BCUT2D eigenvalue weighted by atomic mass is 9.97. The molecule has 0 heterocycles. The monoisotopic (exact) mass is 337 g/mol. The molecule has 0 aromatic heterocycles. The summed E-state index contributed by atoms with van der Waals surface area (Å²) in [6.45, 7) is 5.10. The highest BCUT2D eigenvalue weighted by molar-refractivity contribution is 9.10. The Labute approximate surface area is 128 Å². The van der Waals surface area contributed by atoms with Crippen molar-refractivity contribution >= 4 is 27.5 Å². The van der Waals surface area contributed by atoms with Gasteiger partial charge in [-0.05, 0) is 48.4 Å². The smallest absolute Gasteiger partial charge is 0.0591 e. The van der Waals surface area contributed by atoms with Crippen molar-refractivity contribution in [1.29, 1.82) is 0 Å². The predicted octanol–water partition coefficient (Wildman–Crippen LogP) is 5.11. The van der Waals surface area contributed by atoms with Gasteiger partial charge in [-0.25, -0.2) is 0 Å². The van der Waals surface area contributed by atoms with Crippen LogP contribution in [0.4, 0.5) is 0 Å². The van der Waals surface area contributed by atoms with Crippen LogP contribution in [0.25, 0.3) is 0 Å². The largest absolute Gasteiger partial charge is 0.306 e. The Hall–Kier alpha value is -0.830. The van der Waals surface area contributed by atoms with E-state index in [1.165, 1.54) is 11.1 Å². The topological polar surface area (TPSA) is 12.0 Å². The molecule has 0 saturated heterocycles. The number of hydrogen-bond donors (Lipinski definition) is 1. The summed E-state index contributed by atoms with van der Waals surface area (Å²) in [5.74, 6) is 0. The number of rotatable bonds is 4. The molecule has 0 saturated carbocycles. The van der Waals surface area contributed by atoms with E-state index in [1.807, 2.05) is 18.2 Å². The Morgan fingerprint density at radius 3 is 2.58 bits per heavy atom. The first kappa shape index (κ1) is 14.6. The fraction of sp³-hybridized carbons (Fsp3) is 0.250. The molecule has 100 valence electrons. The number of halogens is 2. The van der Waals surface area contributed by atoms with E-state index >= 15 is 0 Å². The van der Waals surface area contributed by atoms with Crippen LogP contribution < -0.4 is 5.32 Å². The van der Waals surface area contributed by atoms with Crippen molar-refractivity contribution in [2.45, 2.75) is 19.9 Å². The van der Waals surface area contributed by atoms with Gasteiger partial charge in [-0.1, -0.05) is 58.7 Å². The van der Waals surface area contributed by atoms with Crippen LogP contribution in [-0.2, 0) is 0 Å². The summed E-state index contributed by atoms with van der Waals surface area (Å²) in [6, 6.07) is 14.6. The average molecular weight is 339 g/mol. The van der Waals surface area contributed by atoms with Gasteiger partial charge in [0.1, 0.15) is 0 Å². The minimum absolute atomic E-state index is 0.120. The number of aryl methyl sites for hydroxylation is 1. The van der Waals surface area contributed by atoms with Crippen molar-refractivity contribution in [3.05, 3.63) is 68.7 Å². The summed E-state index contributed by atoms with van der Waals surface area (Å²) in [6.07, 6.45) is 0. The highest BCUT2D eigenvalue weighted by Crippen LogP contribution is 2.30. The standard InChI is InChI=1S/C16H17BrClN/c1-3-19-16(14-6-4-5-7-15(14)18)12-8-11(2)9-13(17)10-12/h4-10,16,19H,3H2,1-2H3. The number of nitrogens with one attached hydrogen (secondary N) is 1. The fourth-order valence-electron chi connectivity index (χ4n) is 2.25. The predicted molar refractivity (Wildman–Crippen MR) is 85.9 cm³/mol. The lowest BCUT2D eigenvalue weighted by Crippen LogP contribution is -2.22. The first-order valence-electron chi connectivity index (χ1n) is 6.36. The minimum atomic E-state index is 0.120. The molecule has 0 spiro atoms. The summed E-state index contributed by atoms with van der Waals surface area (Å²) in [5.41, 5.74) is 3.57. The molecule has 1 N–H and O–H groups in total. The molecule has 19 heavy (non-hydrogen) atoms. The molecule has 3 heteroatoms. The molecular weight excluding hydrogens is 322 g/mol. The molecule has 2 rings (SSSR count). The maximum absolute atomic E-state index is 6.33. The van der Waals surface area contributed by atoms with Crippen LogP contribution in [0.5, 0.6) is 0 Å². The molecule has 0 fully saturated rings. The van der Waals surface area contributed by atoms with E-state index in [2.05, 4.69) is 59.4 Å². The van der Waals surface area contributed by atoms with Crippen LogP contribution in [0.2, 0.25) is 5.02 Å². The molecule has 0 bridgehead atoms. The summed E-state index contributed by atoms with van der Waals surface area (Å²) in [4.78, 5) is 0. The van der Waals surface area contributed by atoms with E-state index in [1.54, 1.807) is 0 Å². The molecule has 2 aromatic rings. The van der Waals surface area contributed by atoms with Gasteiger partial charge >= 0.3 is 0 Å². The second-order valence-electron chi connectivity index (χ2n) is 4.57. The van der Waals surface area contributed by atoms with E-state index in [0.29, 0.717) is 0 Å². The van der Waals surface area contributed by atoms with Gasteiger partial charge in [0.2, 0.25) is 0 Å². The zero-order valence-electron chi connectivity index (χ0n) is 11.1. The van der Waals surface area contributed by atoms with Crippen molar-refractivity contribution < 1.29 is 0 Å². The van der Waals surface area contributed by atoms with Gasteiger partial charge < -0.3 is 5.32 Å². The van der Waals surface area contributed by atoms with E-state index in [4.69, 9.17) is 11.6 Å². The number of benzene rings is 2. The molecule has 1 atom stereocenters. The summed E-state index contributed by atoms with van der Waals surface area (Å²) < 4.78 is 1.09. The Balaban J connectivity index is 2.48. The second kappa shape index (κ2) is 6.56. The number of hydrogen-bond acceptors (Lipinski definition) is 1. The van der Waals surface area contributed by atoms with E-state index < -0.39 is 0 Å². The zero-order valence-corrected chi connectivity index (χ0v) is 13.4. The second-order valence-corrected chi connectivity index (χ2v) is 5.90. The Bertz CT molecular complexity index is 548. The van der Waals surface area contributed by atoms with Crippen LogP contribution in [0.3, 0.4) is 0 Å². The van der Waals surface area contributed by atoms with Gasteiger partial charge in [-0.2, -0.15) is 0 Å². The van der Waals surface area contributed by atoms with Gasteiger partial charge in [0, 0.05) is 9.50 Å². The van der Waals surface area contributed by atoms with Crippen molar-refractivity contribution in [2.75, 3.05) is 6.54 Å². The first-order chi connectivity index (χ1) is 9.11. The third-order valence-corrected chi connectivity index (χ3v) is 3.82. The van der Waals surface area contributed by atoms with Gasteiger partial charge in [0.25, 0.3) is 0 Å².